The number of aryl methyl sites for hydroxylation is 1. The lowest BCUT2D eigenvalue weighted by Gasteiger charge is -2.10. The first-order chi connectivity index (χ1) is 8.52. The number of carbonyl (C=O) groups excluding carboxylic acids is 1. The van der Waals surface area contributed by atoms with Gasteiger partial charge in [-0.3, -0.25) is 9.59 Å². The Balaban J connectivity index is 2.61. The molecule has 0 aliphatic rings. The van der Waals surface area contributed by atoms with Crippen molar-refractivity contribution in [1.29, 1.82) is 0 Å². The molecule has 0 aliphatic carbocycles. The first-order valence-electron chi connectivity index (χ1n) is 5.78. The summed E-state index contributed by atoms with van der Waals surface area (Å²) in [6.45, 7) is 4.34. The van der Waals surface area contributed by atoms with Crippen LogP contribution in [-0.2, 0) is 9.59 Å². The summed E-state index contributed by atoms with van der Waals surface area (Å²) in [5.74, 6) is -0.531. The number of anilines is 1. The van der Waals surface area contributed by atoms with Gasteiger partial charge in [-0.25, -0.2) is 0 Å². The fourth-order valence-corrected chi connectivity index (χ4v) is 1.47. The molecule has 0 spiro atoms. The lowest BCUT2D eigenvalue weighted by atomic mass is 10.2. The van der Waals surface area contributed by atoms with E-state index < -0.39 is 5.97 Å². The standard InChI is InChI=1S/C13H17NO4/c1-3-18-10-4-5-11(9(2)8-10)14-12(15)6-7-13(16)17/h4-5,8H,3,6-7H2,1-2H3,(H,14,15)(H,16,17). The van der Waals surface area contributed by atoms with Crippen LogP contribution in [0.4, 0.5) is 5.69 Å². The molecule has 0 aromatic heterocycles. The lowest BCUT2D eigenvalue weighted by molar-refractivity contribution is -0.138. The number of ether oxygens (including phenoxy) is 1. The molecule has 1 amide bonds. The van der Waals surface area contributed by atoms with Crippen LogP contribution in [0.5, 0.6) is 5.75 Å². The van der Waals surface area contributed by atoms with Crippen molar-refractivity contribution in [2.45, 2.75) is 26.7 Å². The summed E-state index contributed by atoms with van der Waals surface area (Å²) < 4.78 is 5.34. The number of rotatable bonds is 6. The number of nitrogens with one attached hydrogen (secondary N) is 1. The van der Waals surface area contributed by atoms with Gasteiger partial charge in [-0.15, -0.1) is 0 Å². The highest BCUT2D eigenvalue weighted by molar-refractivity contribution is 5.93. The highest BCUT2D eigenvalue weighted by atomic mass is 16.5. The normalized spacial score (nSPS) is 9.89. The summed E-state index contributed by atoms with van der Waals surface area (Å²) in [6, 6.07) is 5.35. The second kappa shape index (κ2) is 6.64. The number of hydrogen-bond acceptors (Lipinski definition) is 3. The second-order valence-corrected chi connectivity index (χ2v) is 3.85. The number of aliphatic carboxylic acids is 1. The predicted octanol–water partition coefficient (Wildman–Crippen LogP) is 2.20. The van der Waals surface area contributed by atoms with E-state index in [-0.39, 0.29) is 18.7 Å². The Morgan fingerprint density at radius 3 is 2.61 bits per heavy atom. The fourth-order valence-electron chi connectivity index (χ4n) is 1.47. The van der Waals surface area contributed by atoms with Gasteiger partial charge < -0.3 is 15.2 Å². The van der Waals surface area contributed by atoms with Crippen LogP contribution in [0.2, 0.25) is 0 Å². The van der Waals surface area contributed by atoms with E-state index >= 15 is 0 Å². The van der Waals surface area contributed by atoms with Crippen molar-refractivity contribution in [2.24, 2.45) is 0 Å². The highest BCUT2D eigenvalue weighted by Gasteiger charge is 2.07. The van der Waals surface area contributed by atoms with Gasteiger partial charge in [-0.1, -0.05) is 0 Å². The molecule has 1 rings (SSSR count). The third kappa shape index (κ3) is 4.45. The van der Waals surface area contributed by atoms with Crippen LogP contribution in [0.25, 0.3) is 0 Å². The fraction of sp³-hybridized carbons (Fsp3) is 0.385. The molecule has 98 valence electrons. The summed E-state index contributed by atoms with van der Waals surface area (Å²) >= 11 is 0. The molecule has 2 N–H and O–H groups in total. The molecule has 5 heteroatoms. The minimum atomic E-state index is -0.978. The first-order valence-corrected chi connectivity index (χ1v) is 5.78. The topological polar surface area (TPSA) is 75.6 Å². The molecule has 1 aromatic rings. The Morgan fingerprint density at radius 1 is 1.33 bits per heavy atom. The molecule has 0 atom stereocenters. The van der Waals surface area contributed by atoms with Gasteiger partial charge in [0.2, 0.25) is 5.91 Å². The number of carboxylic acids is 1. The van der Waals surface area contributed by atoms with E-state index in [0.29, 0.717) is 12.3 Å². The van der Waals surface area contributed by atoms with E-state index in [1.165, 1.54) is 0 Å². The van der Waals surface area contributed by atoms with Gasteiger partial charge in [-0.2, -0.15) is 0 Å². The number of amides is 1. The van der Waals surface area contributed by atoms with E-state index in [0.717, 1.165) is 11.3 Å². The minimum Gasteiger partial charge on any atom is -0.494 e. The average molecular weight is 251 g/mol. The van der Waals surface area contributed by atoms with Crippen LogP contribution >= 0.6 is 0 Å². The van der Waals surface area contributed by atoms with E-state index in [1.54, 1.807) is 12.1 Å². The maximum absolute atomic E-state index is 11.5. The van der Waals surface area contributed by atoms with E-state index in [4.69, 9.17) is 9.84 Å². The lowest BCUT2D eigenvalue weighted by Crippen LogP contribution is -2.13. The van der Waals surface area contributed by atoms with Crippen LogP contribution < -0.4 is 10.1 Å². The molecule has 0 saturated heterocycles. The molecule has 0 bridgehead atoms. The van der Waals surface area contributed by atoms with Crippen molar-refractivity contribution < 1.29 is 19.4 Å². The highest BCUT2D eigenvalue weighted by Crippen LogP contribution is 2.21. The third-order valence-corrected chi connectivity index (χ3v) is 2.35. The van der Waals surface area contributed by atoms with Crippen molar-refractivity contribution in [3.63, 3.8) is 0 Å². The zero-order valence-corrected chi connectivity index (χ0v) is 10.5. The zero-order chi connectivity index (χ0) is 13.5. The molecule has 0 saturated carbocycles. The summed E-state index contributed by atoms with van der Waals surface area (Å²) in [5, 5.41) is 11.2. The van der Waals surface area contributed by atoms with Crippen molar-refractivity contribution in [3.05, 3.63) is 23.8 Å². The Labute approximate surface area is 106 Å². The maximum Gasteiger partial charge on any atom is 0.303 e. The van der Waals surface area contributed by atoms with Crippen LogP contribution in [0, 0.1) is 6.92 Å². The third-order valence-electron chi connectivity index (χ3n) is 2.35. The molecular weight excluding hydrogens is 234 g/mol. The van der Waals surface area contributed by atoms with Crippen molar-refractivity contribution >= 4 is 17.6 Å². The minimum absolute atomic E-state index is 0.0258. The summed E-state index contributed by atoms with van der Waals surface area (Å²) in [7, 11) is 0. The van der Waals surface area contributed by atoms with Gasteiger partial charge in [0, 0.05) is 12.1 Å². The molecule has 18 heavy (non-hydrogen) atoms. The zero-order valence-electron chi connectivity index (χ0n) is 10.5. The molecule has 0 radical (unpaired) electrons. The van der Waals surface area contributed by atoms with Crippen molar-refractivity contribution in [3.8, 4) is 5.75 Å². The number of benzene rings is 1. The molecule has 0 unspecified atom stereocenters. The van der Waals surface area contributed by atoms with Gasteiger partial charge in [-0.05, 0) is 37.6 Å². The van der Waals surface area contributed by atoms with E-state index in [9.17, 15) is 9.59 Å². The van der Waals surface area contributed by atoms with Crippen LogP contribution in [-0.4, -0.2) is 23.6 Å². The Bertz CT molecular complexity index is 443. The van der Waals surface area contributed by atoms with Gasteiger partial charge in [0.15, 0.2) is 0 Å². The van der Waals surface area contributed by atoms with Gasteiger partial charge in [0.1, 0.15) is 5.75 Å². The van der Waals surface area contributed by atoms with Gasteiger partial charge >= 0.3 is 5.97 Å². The Hall–Kier alpha value is -2.04. The molecule has 0 fully saturated rings. The molecular formula is C13H17NO4. The SMILES string of the molecule is CCOc1ccc(NC(=O)CCC(=O)O)c(C)c1. The maximum atomic E-state index is 11.5. The van der Waals surface area contributed by atoms with E-state index in [1.807, 2.05) is 19.9 Å². The summed E-state index contributed by atoms with van der Waals surface area (Å²) in [4.78, 5) is 21.8. The first kappa shape index (κ1) is 14.0. The van der Waals surface area contributed by atoms with Gasteiger partial charge in [0.25, 0.3) is 0 Å². The number of carboxylic acid groups (broad SMARTS) is 1. The largest absolute Gasteiger partial charge is 0.494 e. The van der Waals surface area contributed by atoms with Crippen molar-refractivity contribution in [2.75, 3.05) is 11.9 Å². The quantitative estimate of drug-likeness (QED) is 0.812. The molecule has 0 heterocycles. The predicted molar refractivity (Wildman–Crippen MR) is 67.8 cm³/mol. The average Bonchev–Trinajstić information content (AvgIpc) is 2.30. The smallest absolute Gasteiger partial charge is 0.303 e. The summed E-state index contributed by atoms with van der Waals surface area (Å²) in [6.07, 6.45) is -0.191. The molecule has 1 aromatic carbocycles. The number of carbonyl (C=O) groups is 2. The van der Waals surface area contributed by atoms with Crippen molar-refractivity contribution in [1.82, 2.24) is 0 Å². The number of hydrogen-bond donors (Lipinski definition) is 2. The van der Waals surface area contributed by atoms with Crippen LogP contribution in [0.1, 0.15) is 25.3 Å². The van der Waals surface area contributed by atoms with Crippen LogP contribution in [0.15, 0.2) is 18.2 Å². The Kier molecular flexibility index (Phi) is 5.17. The monoisotopic (exact) mass is 251 g/mol. The van der Waals surface area contributed by atoms with Crippen LogP contribution in [0.3, 0.4) is 0 Å². The molecule has 5 nitrogen and oxygen atoms in total. The second-order valence-electron chi connectivity index (χ2n) is 3.85. The van der Waals surface area contributed by atoms with Gasteiger partial charge in [0.05, 0.1) is 13.0 Å². The van der Waals surface area contributed by atoms with E-state index in [2.05, 4.69) is 5.32 Å². The Morgan fingerprint density at radius 2 is 2.06 bits per heavy atom. The summed E-state index contributed by atoms with van der Waals surface area (Å²) in [5.41, 5.74) is 1.55. The molecule has 0 aliphatic heterocycles.